The van der Waals surface area contributed by atoms with Crippen LogP contribution in [0.4, 0.5) is 0 Å². The van der Waals surface area contributed by atoms with E-state index in [1.807, 2.05) is 6.07 Å². The molecule has 2 heterocycles. The van der Waals surface area contributed by atoms with Crippen LogP contribution in [0.2, 0.25) is 0 Å². The van der Waals surface area contributed by atoms with E-state index in [1.54, 1.807) is 11.3 Å². The zero-order chi connectivity index (χ0) is 11.5. The van der Waals surface area contributed by atoms with Crippen LogP contribution >= 0.6 is 11.3 Å². The first-order valence-corrected chi connectivity index (χ1v) is 6.66. The van der Waals surface area contributed by atoms with Gasteiger partial charge in [0.2, 0.25) is 0 Å². The van der Waals surface area contributed by atoms with Gasteiger partial charge >= 0.3 is 0 Å². The summed E-state index contributed by atoms with van der Waals surface area (Å²) in [5.41, 5.74) is 1.24. The van der Waals surface area contributed by atoms with E-state index in [9.17, 15) is 4.79 Å². The van der Waals surface area contributed by atoms with Crippen molar-refractivity contribution < 1.29 is 9.53 Å². The van der Waals surface area contributed by atoms with Gasteiger partial charge in [0, 0.05) is 24.5 Å². The van der Waals surface area contributed by atoms with Gasteiger partial charge in [0.1, 0.15) is 0 Å². The van der Waals surface area contributed by atoms with E-state index in [0.717, 1.165) is 30.9 Å². The lowest BCUT2D eigenvalue weighted by molar-refractivity contribution is 0.0602. The second-order valence-electron chi connectivity index (χ2n) is 4.53. The van der Waals surface area contributed by atoms with Gasteiger partial charge in [0.25, 0.3) is 0 Å². The molecule has 1 aromatic heterocycles. The van der Waals surface area contributed by atoms with Crippen molar-refractivity contribution in [2.24, 2.45) is 5.92 Å². The van der Waals surface area contributed by atoms with Gasteiger partial charge in [-0.3, -0.25) is 4.79 Å². The maximum Gasteiger partial charge on any atom is 0.173 e. The number of hydrogen-bond acceptors (Lipinski definition) is 3. The molecule has 0 aromatic carbocycles. The van der Waals surface area contributed by atoms with Gasteiger partial charge in [0.05, 0.1) is 4.88 Å². The number of Topliss-reactive ketones (excluding diaryl/α,β-unsaturated/α-hetero) is 1. The average molecular weight is 238 g/mol. The summed E-state index contributed by atoms with van der Waals surface area (Å²) in [7, 11) is 0. The number of thiophene rings is 1. The third kappa shape index (κ3) is 2.71. The Morgan fingerprint density at radius 1 is 1.44 bits per heavy atom. The maximum absolute atomic E-state index is 12.0. The Bertz CT molecular complexity index is 356. The molecule has 0 saturated carbocycles. The average Bonchev–Trinajstić information content (AvgIpc) is 2.61. The third-order valence-electron chi connectivity index (χ3n) is 3.26. The summed E-state index contributed by atoms with van der Waals surface area (Å²) in [6.45, 7) is 5.78. The van der Waals surface area contributed by atoms with Crippen LogP contribution in [0.3, 0.4) is 0 Å². The molecule has 1 aliphatic heterocycles. The van der Waals surface area contributed by atoms with Crippen LogP contribution in [-0.2, 0) is 4.74 Å². The summed E-state index contributed by atoms with van der Waals surface area (Å²) < 4.78 is 5.30. The molecule has 1 saturated heterocycles. The fraction of sp³-hybridized carbons (Fsp3) is 0.615. The first-order chi connectivity index (χ1) is 7.66. The van der Waals surface area contributed by atoms with Gasteiger partial charge in [-0.2, -0.15) is 0 Å². The Kier molecular flexibility index (Phi) is 3.77. The highest BCUT2D eigenvalue weighted by Crippen LogP contribution is 2.26. The quantitative estimate of drug-likeness (QED) is 0.755. The van der Waals surface area contributed by atoms with Gasteiger partial charge in [-0.1, -0.05) is 0 Å². The largest absolute Gasteiger partial charge is 0.381 e. The van der Waals surface area contributed by atoms with E-state index in [1.165, 1.54) is 10.4 Å². The molecule has 0 unspecified atom stereocenters. The smallest absolute Gasteiger partial charge is 0.173 e. The minimum absolute atomic E-state index is 0.313. The maximum atomic E-state index is 12.0. The van der Waals surface area contributed by atoms with E-state index >= 15 is 0 Å². The van der Waals surface area contributed by atoms with Crippen molar-refractivity contribution in [1.82, 2.24) is 0 Å². The van der Waals surface area contributed by atoms with Crippen LogP contribution in [0.5, 0.6) is 0 Å². The van der Waals surface area contributed by atoms with Gasteiger partial charge in [-0.05, 0) is 44.2 Å². The van der Waals surface area contributed by atoms with E-state index in [-0.39, 0.29) is 0 Å². The van der Waals surface area contributed by atoms with Crippen LogP contribution in [0.25, 0.3) is 0 Å². The Balaban J connectivity index is 1.96. The molecule has 1 aliphatic rings. The van der Waals surface area contributed by atoms with E-state index < -0.39 is 0 Å². The molecule has 0 spiro atoms. The van der Waals surface area contributed by atoms with Crippen LogP contribution in [0.15, 0.2) is 6.07 Å². The molecule has 1 aromatic rings. The Labute approximate surface area is 101 Å². The zero-order valence-corrected chi connectivity index (χ0v) is 10.7. The molecule has 3 heteroatoms. The number of ether oxygens (including phenoxy) is 1. The number of hydrogen-bond donors (Lipinski definition) is 0. The Morgan fingerprint density at radius 2 is 2.12 bits per heavy atom. The van der Waals surface area contributed by atoms with Crippen molar-refractivity contribution >= 4 is 17.1 Å². The molecule has 0 radical (unpaired) electrons. The van der Waals surface area contributed by atoms with E-state index in [0.29, 0.717) is 18.1 Å². The topological polar surface area (TPSA) is 26.3 Å². The molecule has 16 heavy (non-hydrogen) atoms. The highest BCUT2D eigenvalue weighted by atomic mass is 32.1. The summed E-state index contributed by atoms with van der Waals surface area (Å²) in [6.07, 6.45) is 2.77. The normalized spacial score (nSPS) is 17.6. The molecule has 2 nitrogen and oxygen atoms in total. The van der Waals surface area contributed by atoms with E-state index in [2.05, 4.69) is 13.8 Å². The van der Waals surface area contributed by atoms with Crippen LogP contribution in [0, 0.1) is 19.8 Å². The molecule has 0 bridgehead atoms. The molecule has 1 fully saturated rings. The first kappa shape index (κ1) is 11.8. The van der Waals surface area contributed by atoms with Crippen molar-refractivity contribution in [3.63, 3.8) is 0 Å². The number of carbonyl (C=O) groups is 1. The molecule has 0 N–H and O–H groups in total. The SMILES string of the molecule is Cc1cc(C(=O)CC2CCOCC2)sc1C. The Morgan fingerprint density at radius 3 is 2.69 bits per heavy atom. The van der Waals surface area contributed by atoms with Gasteiger partial charge in [0.15, 0.2) is 5.78 Å². The van der Waals surface area contributed by atoms with Crippen LogP contribution in [0.1, 0.15) is 39.4 Å². The fourth-order valence-electron chi connectivity index (χ4n) is 2.02. The van der Waals surface area contributed by atoms with Crippen LogP contribution < -0.4 is 0 Å². The minimum atomic E-state index is 0.313. The number of ketones is 1. The van der Waals surface area contributed by atoms with Crippen molar-refractivity contribution in [3.8, 4) is 0 Å². The second kappa shape index (κ2) is 5.11. The molecule has 2 rings (SSSR count). The molecule has 88 valence electrons. The highest BCUT2D eigenvalue weighted by Gasteiger charge is 2.19. The summed E-state index contributed by atoms with van der Waals surface area (Å²) in [6, 6.07) is 2.03. The minimum Gasteiger partial charge on any atom is -0.381 e. The van der Waals surface area contributed by atoms with Gasteiger partial charge in [-0.25, -0.2) is 0 Å². The monoisotopic (exact) mass is 238 g/mol. The highest BCUT2D eigenvalue weighted by molar-refractivity contribution is 7.14. The zero-order valence-electron chi connectivity index (χ0n) is 9.91. The molecular formula is C13H18O2S. The van der Waals surface area contributed by atoms with Crippen molar-refractivity contribution in [1.29, 1.82) is 0 Å². The third-order valence-corrected chi connectivity index (χ3v) is 4.45. The number of carbonyl (C=O) groups excluding carboxylic acids is 1. The molecule has 0 amide bonds. The van der Waals surface area contributed by atoms with Gasteiger partial charge in [-0.15, -0.1) is 11.3 Å². The first-order valence-electron chi connectivity index (χ1n) is 5.85. The van der Waals surface area contributed by atoms with Crippen LogP contribution in [-0.4, -0.2) is 19.0 Å². The standard InChI is InChI=1S/C13H18O2S/c1-9-7-13(16-10(9)2)12(14)8-11-3-5-15-6-4-11/h7,11H,3-6,8H2,1-2H3. The lowest BCUT2D eigenvalue weighted by atomic mass is 9.94. The fourth-order valence-corrected chi connectivity index (χ4v) is 3.01. The number of aryl methyl sites for hydroxylation is 2. The molecule has 0 aliphatic carbocycles. The van der Waals surface area contributed by atoms with E-state index in [4.69, 9.17) is 4.74 Å². The summed E-state index contributed by atoms with van der Waals surface area (Å²) in [5.74, 6) is 0.845. The summed E-state index contributed by atoms with van der Waals surface area (Å²) >= 11 is 1.63. The lowest BCUT2D eigenvalue weighted by Gasteiger charge is -2.20. The molecule has 0 atom stereocenters. The van der Waals surface area contributed by atoms with Crippen molar-refractivity contribution in [3.05, 3.63) is 21.4 Å². The molecular weight excluding hydrogens is 220 g/mol. The predicted octanol–water partition coefficient (Wildman–Crippen LogP) is 3.36. The predicted molar refractivity (Wildman–Crippen MR) is 66.3 cm³/mol. The number of rotatable bonds is 3. The van der Waals surface area contributed by atoms with Gasteiger partial charge < -0.3 is 4.74 Å². The summed E-state index contributed by atoms with van der Waals surface area (Å²) in [4.78, 5) is 14.2. The second-order valence-corrected chi connectivity index (χ2v) is 5.79. The lowest BCUT2D eigenvalue weighted by Crippen LogP contribution is -2.18. The van der Waals surface area contributed by atoms with Crippen molar-refractivity contribution in [2.75, 3.05) is 13.2 Å². The summed E-state index contributed by atoms with van der Waals surface area (Å²) in [5, 5.41) is 0. The Hall–Kier alpha value is -0.670. The van der Waals surface area contributed by atoms with Crippen molar-refractivity contribution in [2.45, 2.75) is 33.1 Å².